The number of halogens is 1. The molecule has 6 nitrogen and oxygen atoms in total. The number of benzene rings is 1. The number of hydrogen-bond donors (Lipinski definition) is 0. The van der Waals surface area contributed by atoms with Crippen molar-refractivity contribution in [2.45, 2.75) is 13.5 Å². The summed E-state index contributed by atoms with van der Waals surface area (Å²) in [5, 5.41) is 0.653. The van der Waals surface area contributed by atoms with E-state index in [2.05, 4.69) is 14.5 Å². The Balaban J connectivity index is 1.38. The number of amides is 1. The Labute approximate surface area is 153 Å². The lowest BCUT2D eigenvalue weighted by Crippen LogP contribution is -2.50. The lowest BCUT2D eigenvalue weighted by atomic mass is 10.3. The van der Waals surface area contributed by atoms with Crippen LogP contribution in [0.25, 0.3) is 0 Å². The summed E-state index contributed by atoms with van der Waals surface area (Å²) in [6, 6.07) is 7.04. The standard InChI is InChI=1S/C18H23ClN4O2/c1-15-20-6-7-22(15)11-8-21-9-12-23(13-10-21)18(24)14-25-17-4-2-16(19)3-5-17/h2-7H,8-14H2,1H3. The van der Waals surface area contributed by atoms with Gasteiger partial charge in [-0.1, -0.05) is 11.6 Å². The molecule has 7 heteroatoms. The van der Waals surface area contributed by atoms with Gasteiger partial charge in [0.1, 0.15) is 11.6 Å². The largest absolute Gasteiger partial charge is 0.484 e. The molecule has 0 unspecified atom stereocenters. The molecule has 0 radical (unpaired) electrons. The van der Waals surface area contributed by atoms with Crippen molar-refractivity contribution < 1.29 is 9.53 Å². The number of piperazine rings is 1. The predicted octanol–water partition coefficient (Wildman–Crippen LogP) is 2.07. The Kier molecular flexibility index (Phi) is 5.94. The second-order valence-corrected chi connectivity index (χ2v) is 6.57. The molecule has 134 valence electrons. The summed E-state index contributed by atoms with van der Waals surface area (Å²) in [5.41, 5.74) is 0. The molecule has 0 atom stereocenters. The highest BCUT2D eigenvalue weighted by Gasteiger charge is 2.21. The van der Waals surface area contributed by atoms with E-state index in [0.717, 1.165) is 45.1 Å². The van der Waals surface area contributed by atoms with E-state index < -0.39 is 0 Å². The molecule has 1 fully saturated rings. The van der Waals surface area contributed by atoms with Crippen molar-refractivity contribution in [2.75, 3.05) is 39.3 Å². The second kappa shape index (κ2) is 8.36. The SMILES string of the molecule is Cc1nccn1CCN1CCN(C(=O)COc2ccc(Cl)cc2)CC1. The van der Waals surface area contributed by atoms with Crippen LogP contribution in [-0.2, 0) is 11.3 Å². The first kappa shape index (κ1) is 17.8. The molecule has 1 saturated heterocycles. The van der Waals surface area contributed by atoms with E-state index in [9.17, 15) is 4.79 Å². The summed E-state index contributed by atoms with van der Waals surface area (Å²) in [4.78, 5) is 20.8. The zero-order valence-electron chi connectivity index (χ0n) is 14.4. The molecule has 1 aliphatic rings. The van der Waals surface area contributed by atoms with Crippen molar-refractivity contribution in [2.24, 2.45) is 0 Å². The van der Waals surface area contributed by atoms with Crippen LogP contribution in [0, 0.1) is 6.92 Å². The fraction of sp³-hybridized carbons (Fsp3) is 0.444. The topological polar surface area (TPSA) is 50.6 Å². The zero-order chi connectivity index (χ0) is 17.6. The molecule has 1 aliphatic heterocycles. The number of carbonyl (C=O) groups excluding carboxylic acids is 1. The highest BCUT2D eigenvalue weighted by molar-refractivity contribution is 6.30. The van der Waals surface area contributed by atoms with Crippen molar-refractivity contribution in [1.82, 2.24) is 19.4 Å². The first-order valence-electron chi connectivity index (χ1n) is 8.48. The van der Waals surface area contributed by atoms with Crippen LogP contribution in [0.5, 0.6) is 5.75 Å². The van der Waals surface area contributed by atoms with E-state index >= 15 is 0 Å². The number of carbonyl (C=O) groups is 1. The third kappa shape index (κ3) is 4.96. The van der Waals surface area contributed by atoms with Gasteiger partial charge in [-0.15, -0.1) is 0 Å². The lowest BCUT2D eigenvalue weighted by Gasteiger charge is -2.34. The summed E-state index contributed by atoms with van der Waals surface area (Å²) in [5.74, 6) is 1.72. The summed E-state index contributed by atoms with van der Waals surface area (Å²) < 4.78 is 7.69. The van der Waals surface area contributed by atoms with Crippen molar-refractivity contribution in [3.8, 4) is 5.75 Å². The number of imidazole rings is 1. The Morgan fingerprint density at radius 1 is 1.16 bits per heavy atom. The highest BCUT2D eigenvalue weighted by Crippen LogP contribution is 2.15. The van der Waals surface area contributed by atoms with Gasteiger partial charge in [0.25, 0.3) is 5.91 Å². The molecule has 1 aromatic carbocycles. The zero-order valence-corrected chi connectivity index (χ0v) is 15.2. The minimum absolute atomic E-state index is 0.0278. The highest BCUT2D eigenvalue weighted by atomic mass is 35.5. The van der Waals surface area contributed by atoms with Gasteiger partial charge in [0, 0.05) is 56.7 Å². The van der Waals surface area contributed by atoms with Crippen LogP contribution in [-0.4, -0.2) is 64.6 Å². The van der Waals surface area contributed by atoms with Crippen LogP contribution in [0.2, 0.25) is 5.02 Å². The van der Waals surface area contributed by atoms with E-state index in [-0.39, 0.29) is 12.5 Å². The van der Waals surface area contributed by atoms with Crippen molar-refractivity contribution >= 4 is 17.5 Å². The van der Waals surface area contributed by atoms with Crippen LogP contribution >= 0.6 is 11.6 Å². The Morgan fingerprint density at radius 2 is 1.88 bits per heavy atom. The number of aryl methyl sites for hydroxylation is 1. The number of nitrogens with zero attached hydrogens (tertiary/aromatic N) is 4. The summed E-state index contributed by atoms with van der Waals surface area (Å²) >= 11 is 5.84. The molecule has 3 rings (SSSR count). The molecule has 0 spiro atoms. The van der Waals surface area contributed by atoms with Gasteiger partial charge >= 0.3 is 0 Å². The molecule has 0 N–H and O–H groups in total. The number of hydrogen-bond acceptors (Lipinski definition) is 4. The normalized spacial score (nSPS) is 15.4. The molecule has 0 bridgehead atoms. The van der Waals surface area contributed by atoms with E-state index in [1.54, 1.807) is 24.3 Å². The summed E-state index contributed by atoms with van der Waals surface area (Å²) in [6.45, 7) is 7.24. The van der Waals surface area contributed by atoms with E-state index in [4.69, 9.17) is 16.3 Å². The minimum Gasteiger partial charge on any atom is -0.484 e. The van der Waals surface area contributed by atoms with Crippen LogP contribution < -0.4 is 4.74 Å². The van der Waals surface area contributed by atoms with Crippen molar-refractivity contribution in [3.05, 3.63) is 47.5 Å². The van der Waals surface area contributed by atoms with E-state index in [1.807, 2.05) is 24.2 Å². The molecule has 2 aromatic rings. The molecule has 0 aliphatic carbocycles. The maximum Gasteiger partial charge on any atom is 0.260 e. The number of aromatic nitrogens is 2. The van der Waals surface area contributed by atoms with Crippen LogP contribution in [0.15, 0.2) is 36.7 Å². The molecular weight excluding hydrogens is 340 g/mol. The average molecular weight is 363 g/mol. The molecule has 1 amide bonds. The molecule has 0 saturated carbocycles. The van der Waals surface area contributed by atoms with Crippen molar-refractivity contribution in [3.63, 3.8) is 0 Å². The predicted molar refractivity (Wildman–Crippen MR) is 96.9 cm³/mol. The van der Waals surface area contributed by atoms with Gasteiger partial charge in [0.15, 0.2) is 6.61 Å². The maximum atomic E-state index is 12.3. The first-order chi connectivity index (χ1) is 12.1. The Morgan fingerprint density at radius 3 is 2.52 bits per heavy atom. The van der Waals surface area contributed by atoms with Crippen molar-refractivity contribution in [1.29, 1.82) is 0 Å². The van der Waals surface area contributed by atoms with Crippen LogP contribution in [0.4, 0.5) is 0 Å². The summed E-state index contributed by atoms with van der Waals surface area (Å²) in [6.07, 6.45) is 3.83. The molecule has 1 aromatic heterocycles. The van der Waals surface area contributed by atoms with E-state index in [0.29, 0.717) is 10.8 Å². The fourth-order valence-corrected chi connectivity index (χ4v) is 3.00. The summed E-state index contributed by atoms with van der Waals surface area (Å²) in [7, 11) is 0. The van der Waals surface area contributed by atoms with Gasteiger partial charge in [-0.05, 0) is 31.2 Å². The van der Waals surface area contributed by atoms with Gasteiger partial charge in [0.05, 0.1) is 0 Å². The lowest BCUT2D eigenvalue weighted by molar-refractivity contribution is -0.135. The molecule has 2 heterocycles. The molecular formula is C18H23ClN4O2. The van der Waals surface area contributed by atoms with E-state index in [1.165, 1.54) is 0 Å². The van der Waals surface area contributed by atoms with Gasteiger partial charge in [-0.3, -0.25) is 9.69 Å². The number of ether oxygens (including phenoxy) is 1. The van der Waals surface area contributed by atoms with Gasteiger partial charge in [-0.25, -0.2) is 4.98 Å². The van der Waals surface area contributed by atoms with Crippen LogP contribution in [0.3, 0.4) is 0 Å². The fourth-order valence-electron chi connectivity index (χ4n) is 2.88. The van der Waals surface area contributed by atoms with Crippen LogP contribution in [0.1, 0.15) is 5.82 Å². The maximum absolute atomic E-state index is 12.3. The smallest absolute Gasteiger partial charge is 0.260 e. The second-order valence-electron chi connectivity index (χ2n) is 6.13. The van der Waals surface area contributed by atoms with Gasteiger partial charge < -0.3 is 14.2 Å². The van der Waals surface area contributed by atoms with Gasteiger partial charge in [-0.2, -0.15) is 0 Å². The van der Waals surface area contributed by atoms with Gasteiger partial charge in [0.2, 0.25) is 0 Å². The average Bonchev–Trinajstić information content (AvgIpc) is 3.04. The third-order valence-electron chi connectivity index (χ3n) is 4.48. The third-order valence-corrected chi connectivity index (χ3v) is 4.73. The Hall–Kier alpha value is -2.05. The monoisotopic (exact) mass is 362 g/mol. The molecule has 25 heavy (non-hydrogen) atoms. The minimum atomic E-state index is 0.0278. The first-order valence-corrected chi connectivity index (χ1v) is 8.86. The quantitative estimate of drug-likeness (QED) is 0.789. The Bertz CT molecular complexity index is 693. The number of rotatable bonds is 6.